The molecule has 0 amide bonds. The van der Waals surface area contributed by atoms with Crippen molar-refractivity contribution in [2.24, 2.45) is 5.73 Å². The number of rotatable bonds is 2. The summed E-state index contributed by atoms with van der Waals surface area (Å²) in [6, 6.07) is 1.73. The van der Waals surface area contributed by atoms with Crippen LogP contribution in [0.2, 0.25) is 0 Å². The lowest BCUT2D eigenvalue weighted by atomic mass is 10.1. The molecule has 0 aromatic carbocycles. The predicted molar refractivity (Wildman–Crippen MR) is 53.1 cm³/mol. The van der Waals surface area contributed by atoms with E-state index in [2.05, 4.69) is 30.9 Å². The van der Waals surface area contributed by atoms with Gasteiger partial charge in [-0.2, -0.15) is 0 Å². The first kappa shape index (κ1) is 8.52. The Labute approximate surface area is 83.7 Å². The van der Waals surface area contributed by atoms with Gasteiger partial charge in [0.15, 0.2) is 0 Å². The summed E-state index contributed by atoms with van der Waals surface area (Å²) < 4.78 is 0.841. The van der Waals surface area contributed by atoms with Gasteiger partial charge in [0, 0.05) is 12.4 Å². The smallest absolute Gasteiger partial charge is 0.128 e. The third-order valence-corrected chi connectivity index (χ3v) is 2.24. The molecule has 0 radical (unpaired) electrons. The van der Waals surface area contributed by atoms with Crippen molar-refractivity contribution in [2.45, 2.75) is 6.04 Å². The van der Waals surface area contributed by atoms with Gasteiger partial charge in [0.05, 0.1) is 12.2 Å². The molecule has 0 aliphatic heterocycles. The summed E-state index contributed by atoms with van der Waals surface area (Å²) >= 11 is 3.28. The van der Waals surface area contributed by atoms with Crippen molar-refractivity contribution >= 4 is 15.9 Å². The van der Waals surface area contributed by atoms with Crippen LogP contribution in [0.1, 0.15) is 17.4 Å². The van der Waals surface area contributed by atoms with Crippen LogP contribution in [-0.4, -0.2) is 15.0 Å². The molecule has 4 N–H and O–H groups in total. The van der Waals surface area contributed by atoms with Gasteiger partial charge in [-0.25, -0.2) is 4.98 Å². The van der Waals surface area contributed by atoms with Crippen molar-refractivity contribution in [2.75, 3.05) is 0 Å². The molecule has 0 fully saturated rings. The fourth-order valence-corrected chi connectivity index (χ4v) is 1.46. The number of nitrogens with zero attached hydrogens (tertiary/aromatic N) is 1. The number of nitrogens with one attached hydrogen (secondary N) is 2. The third kappa shape index (κ3) is 1.66. The first-order chi connectivity index (χ1) is 6.27. The highest BCUT2D eigenvalue weighted by molar-refractivity contribution is 9.10. The number of nitrogens with two attached hydrogens (primary N) is 1. The molecule has 0 saturated heterocycles. The Kier molecular flexibility index (Phi) is 2.20. The molecule has 2 rings (SSSR count). The predicted octanol–water partition coefficient (Wildman–Crippen LogP) is 1.55. The normalized spacial score (nSPS) is 13.1. The fourth-order valence-electron chi connectivity index (χ4n) is 1.16. The van der Waals surface area contributed by atoms with Crippen LogP contribution in [0.25, 0.3) is 0 Å². The number of imidazole rings is 1. The van der Waals surface area contributed by atoms with Gasteiger partial charge in [0.2, 0.25) is 0 Å². The van der Waals surface area contributed by atoms with Crippen LogP contribution in [0.3, 0.4) is 0 Å². The number of hydrogen-bond donors (Lipinski definition) is 3. The first-order valence-electron chi connectivity index (χ1n) is 3.86. The molecule has 0 aliphatic carbocycles. The first-order valence-corrected chi connectivity index (χ1v) is 4.65. The highest BCUT2D eigenvalue weighted by Gasteiger charge is 2.11. The van der Waals surface area contributed by atoms with Gasteiger partial charge in [-0.05, 0) is 27.6 Å². The molecule has 5 heteroatoms. The van der Waals surface area contributed by atoms with Crippen molar-refractivity contribution in [3.63, 3.8) is 0 Å². The van der Waals surface area contributed by atoms with Crippen LogP contribution >= 0.6 is 15.9 Å². The van der Waals surface area contributed by atoms with Gasteiger partial charge in [-0.3, -0.25) is 0 Å². The summed E-state index contributed by atoms with van der Waals surface area (Å²) in [6.45, 7) is 0. The van der Waals surface area contributed by atoms with E-state index in [1.807, 2.05) is 18.5 Å². The maximum Gasteiger partial charge on any atom is 0.128 e. The van der Waals surface area contributed by atoms with E-state index in [9.17, 15) is 0 Å². The minimum Gasteiger partial charge on any atom is -0.367 e. The number of H-pyrrole nitrogens is 2. The topological polar surface area (TPSA) is 70.5 Å². The number of aromatic amines is 2. The van der Waals surface area contributed by atoms with Gasteiger partial charge in [0.1, 0.15) is 10.4 Å². The molecule has 2 heterocycles. The summed E-state index contributed by atoms with van der Waals surface area (Å²) in [4.78, 5) is 10.1. The molecule has 0 aliphatic rings. The molecule has 1 atom stereocenters. The Balaban J connectivity index is 2.28. The summed E-state index contributed by atoms with van der Waals surface area (Å²) in [7, 11) is 0. The lowest BCUT2D eigenvalue weighted by Crippen LogP contribution is -2.12. The standard InChI is InChI=1S/C8H9BrN4/c9-6-4-12-8(13-6)7(10)5-1-2-11-3-5/h1-4,7,11H,10H2,(H,12,13). The Bertz CT molecular complexity index is 379. The number of aromatic nitrogens is 3. The van der Waals surface area contributed by atoms with Gasteiger partial charge in [0.25, 0.3) is 0 Å². The number of hydrogen-bond acceptors (Lipinski definition) is 2. The summed E-state index contributed by atoms with van der Waals surface area (Å²) in [6.07, 6.45) is 5.40. The van der Waals surface area contributed by atoms with Crippen molar-refractivity contribution in [1.82, 2.24) is 15.0 Å². The van der Waals surface area contributed by atoms with Crippen molar-refractivity contribution in [3.05, 3.63) is 40.6 Å². The maximum atomic E-state index is 5.94. The van der Waals surface area contributed by atoms with Crippen LogP contribution in [0.4, 0.5) is 0 Å². The summed E-state index contributed by atoms with van der Waals surface area (Å²) in [5.41, 5.74) is 6.96. The zero-order chi connectivity index (χ0) is 9.26. The summed E-state index contributed by atoms with van der Waals surface area (Å²) in [5.74, 6) is 0.756. The number of halogens is 1. The van der Waals surface area contributed by atoms with Crippen molar-refractivity contribution < 1.29 is 0 Å². The quantitative estimate of drug-likeness (QED) is 0.746. The van der Waals surface area contributed by atoms with Gasteiger partial charge in [-0.15, -0.1) is 0 Å². The molecule has 0 saturated carbocycles. The van der Waals surface area contributed by atoms with Crippen LogP contribution in [0.5, 0.6) is 0 Å². The van der Waals surface area contributed by atoms with Crippen LogP contribution in [0.15, 0.2) is 29.3 Å². The minimum absolute atomic E-state index is 0.197. The maximum absolute atomic E-state index is 5.94. The second kappa shape index (κ2) is 3.35. The second-order valence-electron chi connectivity index (χ2n) is 2.74. The molecule has 0 bridgehead atoms. The largest absolute Gasteiger partial charge is 0.367 e. The zero-order valence-corrected chi connectivity index (χ0v) is 8.38. The monoisotopic (exact) mass is 240 g/mol. The molecular formula is C8H9BrN4. The van der Waals surface area contributed by atoms with Crippen molar-refractivity contribution in [3.8, 4) is 0 Å². The molecule has 2 aromatic rings. The van der Waals surface area contributed by atoms with E-state index in [4.69, 9.17) is 5.73 Å². The van der Waals surface area contributed by atoms with Gasteiger partial charge >= 0.3 is 0 Å². The van der Waals surface area contributed by atoms with Gasteiger partial charge in [-0.1, -0.05) is 0 Å². The van der Waals surface area contributed by atoms with E-state index in [0.29, 0.717) is 0 Å². The molecule has 68 valence electrons. The molecule has 13 heavy (non-hydrogen) atoms. The summed E-state index contributed by atoms with van der Waals surface area (Å²) in [5, 5.41) is 0. The van der Waals surface area contributed by atoms with Crippen LogP contribution in [-0.2, 0) is 0 Å². The second-order valence-corrected chi connectivity index (χ2v) is 3.59. The third-order valence-electron chi connectivity index (χ3n) is 1.84. The highest BCUT2D eigenvalue weighted by Crippen LogP contribution is 2.17. The van der Waals surface area contributed by atoms with E-state index < -0.39 is 0 Å². The van der Waals surface area contributed by atoms with E-state index in [1.54, 1.807) is 6.20 Å². The molecule has 1 unspecified atom stereocenters. The van der Waals surface area contributed by atoms with E-state index in [1.165, 1.54) is 0 Å². The van der Waals surface area contributed by atoms with Crippen LogP contribution in [0, 0.1) is 0 Å². The Morgan fingerprint density at radius 1 is 1.54 bits per heavy atom. The Morgan fingerprint density at radius 3 is 2.92 bits per heavy atom. The fraction of sp³-hybridized carbons (Fsp3) is 0.125. The average Bonchev–Trinajstić information content (AvgIpc) is 2.72. The van der Waals surface area contributed by atoms with Crippen LogP contribution < -0.4 is 5.73 Å². The molecular weight excluding hydrogens is 232 g/mol. The molecule has 2 aromatic heterocycles. The lowest BCUT2D eigenvalue weighted by Gasteiger charge is -2.04. The van der Waals surface area contributed by atoms with E-state index >= 15 is 0 Å². The molecule has 4 nitrogen and oxygen atoms in total. The van der Waals surface area contributed by atoms with Crippen molar-refractivity contribution in [1.29, 1.82) is 0 Å². The molecule has 0 spiro atoms. The SMILES string of the molecule is NC(c1cc[nH]c1)c1ncc(Br)[nH]1. The Hall–Kier alpha value is -1.07. The van der Waals surface area contributed by atoms with Gasteiger partial charge < -0.3 is 15.7 Å². The minimum atomic E-state index is -0.197. The lowest BCUT2D eigenvalue weighted by molar-refractivity contribution is 0.801. The van der Waals surface area contributed by atoms with E-state index in [0.717, 1.165) is 16.0 Å². The average molecular weight is 241 g/mol. The van der Waals surface area contributed by atoms with E-state index in [-0.39, 0.29) is 6.04 Å². The Morgan fingerprint density at radius 2 is 2.38 bits per heavy atom. The highest BCUT2D eigenvalue weighted by atomic mass is 79.9. The zero-order valence-electron chi connectivity index (χ0n) is 6.79.